The number of hydrogen-bond donors (Lipinski definition) is 0. The van der Waals surface area contributed by atoms with Gasteiger partial charge < -0.3 is 4.74 Å². The summed E-state index contributed by atoms with van der Waals surface area (Å²) in [5.41, 5.74) is 2.42. The Morgan fingerprint density at radius 1 is 0.630 bits per heavy atom. The number of carbonyl (C=O) groups excluding carboxylic acids is 2. The molecule has 3 aromatic rings. The van der Waals surface area contributed by atoms with Gasteiger partial charge >= 0.3 is 5.97 Å². The van der Waals surface area contributed by atoms with E-state index in [1.165, 1.54) is 12.2 Å². The molecule has 0 bridgehead atoms. The van der Waals surface area contributed by atoms with Crippen LogP contribution < -0.4 is 4.74 Å². The molecule has 0 aliphatic heterocycles. The van der Waals surface area contributed by atoms with Crippen molar-refractivity contribution in [1.29, 1.82) is 0 Å². The SMILES string of the molecule is O=C(C=Cc1ccccc1)Oc1ccc(C=CC(=O)c2ccccc2)cc1. The summed E-state index contributed by atoms with van der Waals surface area (Å²) in [6, 6.07) is 25.6. The first-order chi connectivity index (χ1) is 13.2. The van der Waals surface area contributed by atoms with Crippen molar-refractivity contribution in [2.45, 2.75) is 0 Å². The summed E-state index contributed by atoms with van der Waals surface area (Å²) in [6.45, 7) is 0. The second-order valence-corrected chi connectivity index (χ2v) is 5.80. The fourth-order valence-electron chi connectivity index (χ4n) is 2.40. The van der Waals surface area contributed by atoms with Crippen LogP contribution in [0, 0.1) is 0 Å². The lowest BCUT2D eigenvalue weighted by atomic mass is 10.1. The number of ketones is 1. The monoisotopic (exact) mass is 354 g/mol. The molecule has 27 heavy (non-hydrogen) atoms. The van der Waals surface area contributed by atoms with Crippen molar-refractivity contribution >= 4 is 23.9 Å². The van der Waals surface area contributed by atoms with Gasteiger partial charge in [0.15, 0.2) is 5.78 Å². The summed E-state index contributed by atoms with van der Waals surface area (Å²) < 4.78 is 5.27. The lowest BCUT2D eigenvalue weighted by Crippen LogP contribution is -2.03. The van der Waals surface area contributed by atoms with Crippen LogP contribution in [-0.2, 0) is 4.79 Å². The van der Waals surface area contributed by atoms with Gasteiger partial charge in [-0.3, -0.25) is 4.79 Å². The summed E-state index contributed by atoms with van der Waals surface area (Å²) in [6.07, 6.45) is 6.35. The molecule has 3 rings (SSSR count). The van der Waals surface area contributed by atoms with Gasteiger partial charge in [0.2, 0.25) is 0 Å². The fraction of sp³-hybridized carbons (Fsp3) is 0. The van der Waals surface area contributed by atoms with E-state index in [0.29, 0.717) is 11.3 Å². The molecule has 0 aliphatic carbocycles. The Balaban J connectivity index is 1.57. The Bertz CT molecular complexity index is 954. The zero-order valence-electron chi connectivity index (χ0n) is 14.6. The zero-order valence-corrected chi connectivity index (χ0v) is 14.6. The standard InChI is InChI=1S/C24H18O3/c25-23(21-9-5-2-6-10-21)17-13-20-11-15-22(16-12-20)27-24(26)18-14-19-7-3-1-4-8-19/h1-18H. The minimum atomic E-state index is -0.443. The van der Waals surface area contributed by atoms with Crippen molar-refractivity contribution in [3.8, 4) is 5.75 Å². The summed E-state index contributed by atoms with van der Waals surface area (Å²) in [7, 11) is 0. The van der Waals surface area contributed by atoms with Gasteiger partial charge in [0, 0.05) is 11.6 Å². The third-order valence-corrected chi connectivity index (χ3v) is 3.80. The maximum atomic E-state index is 12.1. The molecule has 0 saturated carbocycles. The average molecular weight is 354 g/mol. The minimum Gasteiger partial charge on any atom is -0.423 e. The van der Waals surface area contributed by atoms with E-state index in [4.69, 9.17) is 4.74 Å². The number of allylic oxidation sites excluding steroid dienone is 1. The Kier molecular flexibility index (Phi) is 6.10. The highest BCUT2D eigenvalue weighted by Gasteiger charge is 2.02. The molecule has 0 atom stereocenters. The molecule has 0 aromatic heterocycles. The van der Waals surface area contributed by atoms with Crippen molar-refractivity contribution in [3.63, 3.8) is 0 Å². The molecule has 0 fully saturated rings. The van der Waals surface area contributed by atoms with Crippen LogP contribution in [0.3, 0.4) is 0 Å². The van der Waals surface area contributed by atoms with Gasteiger partial charge in [0.05, 0.1) is 0 Å². The lowest BCUT2D eigenvalue weighted by Gasteiger charge is -2.02. The maximum Gasteiger partial charge on any atom is 0.336 e. The predicted molar refractivity (Wildman–Crippen MR) is 107 cm³/mol. The van der Waals surface area contributed by atoms with Crippen molar-refractivity contribution in [2.24, 2.45) is 0 Å². The van der Waals surface area contributed by atoms with E-state index in [0.717, 1.165) is 11.1 Å². The third-order valence-electron chi connectivity index (χ3n) is 3.80. The molecular formula is C24H18O3. The number of ether oxygens (including phenoxy) is 1. The van der Waals surface area contributed by atoms with Crippen LogP contribution in [0.15, 0.2) is 97.1 Å². The Morgan fingerprint density at radius 3 is 1.85 bits per heavy atom. The molecule has 0 spiro atoms. The average Bonchev–Trinajstić information content (AvgIpc) is 2.73. The van der Waals surface area contributed by atoms with Crippen LogP contribution in [0.4, 0.5) is 0 Å². The maximum absolute atomic E-state index is 12.1. The van der Waals surface area contributed by atoms with Gasteiger partial charge in [-0.25, -0.2) is 4.79 Å². The molecule has 3 aromatic carbocycles. The number of hydrogen-bond acceptors (Lipinski definition) is 3. The number of benzene rings is 3. The zero-order chi connectivity index (χ0) is 18.9. The van der Waals surface area contributed by atoms with Gasteiger partial charge in [-0.2, -0.15) is 0 Å². The van der Waals surface area contributed by atoms with Crippen LogP contribution in [0.2, 0.25) is 0 Å². The number of esters is 1. The minimum absolute atomic E-state index is 0.0582. The smallest absolute Gasteiger partial charge is 0.336 e. The Morgan fingerprint density at radius 2 is 1.19 bits per heavy atom. The van der Waals surface area contributed by atoms with Gasteiger partial charge in [0.25, 0.3) is 0 Å². The first-order valence-corrected chi connectivity index (χ1v) is 8.53. The highest BCUT2D eigenvalue weighted by molar-refractivity contribution is 6.06. The second-order valence-electron chi connectivity index (χ2n) is 5.80. The molecule has 0 amide bonds. The van der Waals surface area contributed by atoms with Crippen LogP contribution >= 0.6 is 0 Å². The largest absolute Gasteiger partial charge is 0.423 e. The van der Waals surface area contributed by atoms with Crippen molar-refractivity contribution < 1.29 is 14.3 Å². The molecule has 3 nitrogen and oxygen atoms in total. The summed E-state index contributed by atoms with van der Waals surface area (Å²) in [4.78, 5) is 23.9. The Hall–Kier alpha value is -3.72. The van der Waals surface area contributed by atoms with Gasteiger partial charge in [0.1, 0.15) is 5.75 Å². The number of carbonyl (C=O) groups is 2. The van der Waals surface area contributed by atoms with Crippen LogP contribution in [-0.4, -0.2) is 11.8 Å². The normalized spacial score (nSPS) is 11.0. The molecule has 0 heterocycles. The van der Waals surface area contributed by atoms with E-state index in [1.807, 2.05) is 48.5 Å². The van der Waals surface area contributed by atoms with Gasteiger partial charge in [-0.15, -0.1) is 0 Å². The van der Waals surface area contributed by atoms with E-state index < -0.39 is 5.97 Å². The first-order valence-electron chi connectivity index (χ1n) is 8.53. The fourth-order valence-corrected chi connectivity index (χ4v) is 2.40. The number of rotatable bonds is 6. The van der Waals surface area contributed by atoms with E-state index >= 15 is 0 Å². The van der Waals surface area contributed by atoms with Crippen LogP contribution in [0.5, 0.6) is 5.75 Å². The topological polar surface area (TPSA) is 43.4 Å². The molecule has 0 N–H and O–H groups in total. The molecule has 0 radical (unpaired) electrons. The molecule has 0 saturated heterocycles. The first kappa shape index (κ1) is 18.1. The molecular weight excluding hydrogens is 336 g/mol. The van der Waals surface area contributed by atoms with Crippen LogP contribution in [0.25, 0.3) is 12.2 Å². The summed E-state index contributed by atoms with van der Waals surface area (Å²) in [5, 5.41) is 0. The third kappa shape index (κ3) is 5.65. The molecule has 0 unspecified atom stereocenters. The van der Waals surface area contributed by atoms with Crippen molar-refractivity contribution in [2.75, 3.05) is 0 Å². The van der Waals surface area contributed by atoms with Gasteiger partial charge in [-0.05, 0) is 35.4 Å². The molecule has 3 heteroatoms. The Labute approximate surface area is 158 Å². The summed E-state index contributed by atoms with van der Waals surface area (Å²) >= 11 is 0. The van der Waals surface area contributed by atoms with E-state index in [9.17, 15) is 9.59 Å². The second kappa shape index (κ2) is 9.11. The van der Waals surface area contributed by atoms with Gasteiger partial charge in [-0.1, -0.05) is 78.9 Å². The molecule has 0 aliphatic rings. The quantitative estimate of drug-likeness (QED) is 0.264. The lowest BCUT2D eigenvalue weighted by molar-refractivity contribution is -0.128. The highest BCUT2D eigenvalue weighted by atomic mass is 16.5. The highest BCUT2D eigenvalue weighted by Crippen LogP contribution is 2.14. The predicted octanol–water partition coefficient (Wildman–Crippen LogP) is 5.20. The van der Waals surface area contributed by atoms with Crippen molar-refractivity contribution in [3.05, 3.63) is 114 Å². The van der Waals surface area contributed by atoms with Crippen molar-refractivity contribution in [1.82, 2.24) is 0 Å². The van der Waals surface area contributed by atoms with Crippen LogP contribution in [0.1, 0.15) is 21.5 Å². The molecule has 132 valence electrons. The van der Waals surface area contributed by atoms with E-state index in [1.54, 1.807) is 48.6 Å². The summed E-state index contributed by atoms with van der Waals surface area (Å²) in [5.74, 6) is -0.0530. The van der Waals surface area contributed by atoms with E-state index in [-0.39, 0.29) is 5.78 Å². The van der Waals surface area contributed by atoms with E-state index in [2.05, 4.69) is 0 Å².